The zero-order valence-corrected chi connectivity index (χ0v) is 15.5. The minimum Gasteiger partial charge on any atom is -0.298 e. The molecule has 0 radical (unpaired) electrons. The van der Waals surface area contributed by atoms with E-state index in [-0.39, 0.29) is 23.8 Å². The predicted molar refractivity (Wildman–Crippen MR) is 96.0 cm³/mol. The van der Waals surface area contributed by atoms with Crippen molar-refractivity contribution >= 4 is 32.4 Å². The smallest absolute Gasteiger partial charge is 0.257 e. The maximum Gasteiger partial charge on any atom is 0.257 e. The molecule has 0 aliphatic carbocycles. The second kappa shape index (κ2) is 8.20. The number of amides is 1. The lowest BCUT2D eigenvalue weighted by atomic mass is 10.2. The number of nitrogens with zero attached hydrogens (tertiary/aromatic N) is 2. The zero-order chi connectivity index (χ0) is 18.4. The number of sulfonamides is 1. The number of nitrogens with one attached hydrogen (secondary N) is 2. The molecule has 2 rings (SSSR count). The number of aryl methyl sites for hydroxylation is 2. The predicted octanol–water partition coefficient (Wildman–Crippen LogP) is 2.46. The Morgan fingerprint density at radius 2 is 2.00 bits per heavy atom. The van der Waals surface area contributed by atoms with E-state index in [4.69, 9.17) is 5.26 Å². The molecule has 1 amide bonds. The first-order chi connectivity index (χ1) is 11.9. The van der Waals surface area contributed by atoms with E-state index in [1.165, 1.54) is 35.6 Å². The maximum atomic E-state index is 12.2. The summed E-state index contributed by atoms with van der Waals surface area (Å²) < 4.78 is 26.4. The van der Waals surface area contributed by atoms with Gasteiger partial charge in [-0.25, -0.2) is 18.1 Å². The van der Waals surface area contributed by atoms with Gasteiger partial charge in [0, 0.05) is 23.4 Å². The molecule has 2 N–H and O–H groups in total. The standard InChI is InChI=1S/C16H18N4O3S2/c1-3-14-11(2)24-16(19-14)20-15(21)12-5-7-13(8-6-12)25(22,23)18-10-4-9-17/h5-8,18H,3-4,10H2,1-2H3,(H,19,20,21). The van der Waals surface area contributed by atoms with Crippen LogP contribution in [0.1, 0.15) is 34.3 Å². The van der Waals surface area contributed by atoms with Crippen LogP contribution in [0.2, 0.25) is 0 Å². The van der Waals surface area contributed by atoms with Gasteiger partial charge in [0.05, 0.1) is 16.7 Å². The largest absolute Gasteiger partial charge is 0.298 e. The van der Waals surface area contributed by atoms with Crippen LogP contribution in [0.15, 0.2) is 29.2 Å². The molecule has 0 spiro atoms. The number of carbonyl (C=O) groups is 1. The molecule has 9 heteroatoms. The average molecular weight is 378 g/mol. The molecule has 0 atom stereocenters. The lowest BCUT2D eigenvalue weighted by Gasteiger charge is -2.06. The van der Waals surface area contributed by atoms with Crippen molar-refractivity contribution in [3.05, 3.63) is 40.4 Å². The van der Waals surface area contributed by atoms with Gasteiger partial charge in [0.15, 0.2) is 5.13 Å². The Hall–Kier alpha value is -2.28. The van der Waals surface area contributed by atoms with Crippen molar-refractivity contribution in [3.63, 3.8) is 0 Å². The van der Waals surface area contributed by atoms with Crippen molar-refractivity contribution in [1.82, 2.24) is 9.71 Å². The number of aromatic nitrogens is 1. The van der Waals surface area contributed by atoms with Gasteiger partial charge >= 0.3 is 0 Å². The third kappa shape index (κ3) is 4.85. The number of benzene rings is 1. The van der Waals surface area contributed by atoms with E-state index in [1.54, 1.807) is 0 Å². The van der Waals surface area contributed by atoms with E-state index in [0.29, 0.717) is 10.7 Å². The molecule has 0 saturated heterocycles. The molecule has 132 valence electrons. The molecule has 25 heavy (non-hydrogen) atoms. The van der Waals surface area contributed by atoms with Crippen LogP contribution < -0.4 is 10.0 Å². The number of carbonyl (C=O) groups excluding carboxylic acids is 1. The van der Waals surface area contributed by atoms with Crippen LogP contribution >= 0.6 is 11.3 Å². The second-order valence-corrected chi connectivity index (χ2v) is 8.13. The zero-order valence-electron chi connectivity index (χ0n) is 13.9. The maximum absolute atomic E-state index is 12.2. The fourth-order valence-corrected chi connectivity index (χ4v) is 4.02. The van der Waals surface area contributed by atoms with Crippen molar-refractivity contribution < 1.29 is 13.2 Å². The van der Waals surface area contributed by atoms with Gasteiger partial charge in [-0.2, -0.15) is 5.26 Å². The van der Waals surface area contributed by atoms with Gasteiger partial charge in [-0.3, -0.25) is 10.1 Å². The second-order valence-electron chi connectivity index (χ2n) is 5.16. The monoisotopic (exact) mass is 378 g/mol. The third-order valence-corrected chi connectivity index (χ3v) is 5.81. The summed E-state index contributed by atoms with van der Waals surface area (Å²) in [7, 11) is -3.68. The normalized spacial score (nSPS) is 11.1. The topological polar surface area (TPSA) is 112 Å². The van der Waals surface area contributed by atoms with Crippen LogP contribution in [0.25, 0.3) is 0 Å². The highest BCUT2D eigenvalue weighted by Crippen LogP contribution is 2.23. The van der Waals surface area contributed by atoms with Crippen LogP contribution in [0.5, 0.6) is 0 Å². The molecule has 0 aliphatic rings. The van der Waals surface area contributed by atoms with Crippen molar-refractivity contribution in [3.8, 4) is 6.07 Å². The van der Waals surface area contributed by atoms with Gasteiger partial charge in [0.25, 0.3) is 5.91 Å². The lowest BCUT2D eigenvalue weighted by molar-refractivity contribution is 0.102. The summed E-state index contributed by atoms with van der Waals surface area (Å²) in [4.78, 5) is 17.7. The molecule has 1 aromatic carbocycles. The molecular weight excluding hydrogens is 360 g/mol. The highest BCUT2D eigenvalue weighted by molar-refractivity contribution is 7.89. The summed E-state index contributed by atoms with van der Waals surface area (Å²) in [5.74, 6) is -0.349. The van der Waals surface area contributed by atoms with E-state index in [1.807, 2.05) is 19.9 Å². The van der Waals surface area contributed by atoms with Gasteiger partial charge in [-0.05, 0) is 37.6 Å². The summed E-state index contributed by atoms with van der Waals surface area (Å²) in [5.41, 5.74) is 1.28. The van der Waals surface area contributed by atoms with E-state index in [2.05, 4.69) is 15.0 Å². The first-order valence-electron chi connectivity index (χ1n) is 7.61. The molecule has 0 saturated carbocycles. The molecule has 0 fully saturated rings. The Bertz CT molecular complexity index is 896. The minimum absolute atomic E-state index is 0.0420. The van der Waals surface area contributed by atoms with Crippen LogP contribution in [0.3, 0.4) is 0 Å². The van der Waals surface area contributed by atoms with Gasteiger partial charge in [-0.15, -0.1) is 11.3 Å². The number of rotatable bonds is 7. The van der Waals surface area contributed by atoms with E-state index < -0.39 is 10.0 Å². The Morgan fingerprint density at radius 3 is 2.56 bits per heavy atom. The molecule has 0 bridgehead atoms. The molecule has 0 aliphatic heterocycles. The molecule has 0 unspecified atom stereocenters. The summed E-state index contributed by atoms with van der Waals surface area (Å²) in [5, 5.41) is 11.7. The highest BCUT2D eigenvalue weighted by Gasteiger charge is 2.15. The lowest BCUT2D eigenvalue weighted by Crippen LogP contribution is -2.24. The Labute approximate surface area is 150 Å². The van der Waals surface area contributed by atoms with Gasteiger partial charge in [-0.1, -0.05) is 6.92 Å². The quantitative estimate of drug-likeness (QED) is 0.719. The van der Waals surface area contributed by atoms with Gasteiger partial charge < -0.3 is 0 Å². The Morgan fingerprint density at radius 1 is 1.32 bits per heavy atom. The van der Waals surface area contributed by atoms with Gasteiger partial charge in [0.2, 0.25) is 10.0 Å². The fraction of sp³-hybridized carbons (Fsp3) is 0.312. The van der Waals surface area contributed by atoms with E-state index in [9.17, 15) is 13.2 Å². The van der Waals surface area contributed by atoms with Crippen LogP contribution in [-0.2, 0) is 16.4 Å². The van der Waals surface area contributed by atoms with Crippen LogP contribution in [0, 0.1) is 18.3 Å². The van der Waals surface area contributed by atoms with Crippen molar-refractivity contribution in [1.29, 1.82) is 5.26 Å². The first kappa shape index (κ1) is 19.1. The number of nitriles is 1. The summed E-state index contributed by atoms with van der Waals surface area (Å²) in [6.45, 7) is 3.99. The fourth-order valence-electron chi connectivity index (χ4n) is 2.09. The summed E-state index contributed by atoms with van der Waals surface area (Å²) >= 11 is 1.41. The van der Waals surface area contributed by atoms with Crippen LogP contribution in [-0.4, -0.2) is 25.9 Å². The van der Waals surface area contributed by atoms with Crippen molar-refractivity contribution in [2.75, 3.05) is 11.9 Å². The minimum atomic E-state index is -3.68. The number of anilines is 1. The molecular formula is C16H18N4O3S2. The third-order valence-electron chi connectivity index (χ3n) is 3.40. The average Bonchev–Trinajstić information content (AvgIpc) is 2.94. The molecule has 2 aromatic rings. The number of hydrogen-bond donors (Lipinski definition) is 2. The number of hydrogen-bond acceptors (Lipinski definition) is 6. The van der Waals surface area contributed by atoms with E-state index >= 15 is 0 Å². The van der Waals surface area contributed by atoms with Crippen molar-refractivity contribution in [2.24, 2.45) is 0 Å². The van der Waals surface area contributed by atoms with Crippen LogP contribution in [0.4, 0.5) is 5.13 Å². The van der Waals surface area contributed by atoms with Gasteiger partial charge in [0.1, 0.15) is 0 Å². The SMILES string of the molecule is CCc1nc(NC(=O)c2ccc(S(=O)(=O)NCCC#N)cc2)sc1C. The first-order valence-corrected chi connectivity index (χ1v) is 9.91. The number of thiazole rings is 1. The Balaban J connectivity index is 2.08. The summed E-state index contributed by atoms with van der Waals surface area (Å²) in [6.07, 6.45) is 0.885. The van der Waals surface area contributed by atoms with Crippen molar-refractivity contribution in [2.45, 2.75) is 31.6 Å². The molecule has 7 nitrogen and oxygen atoms in total. The molecule has 1 heterocycles. The highest BCUT2D eigenvalue weighted by atomic mass is 32.2. The Kier molecular flexibility index (Phi) is 6.25. The molecule has 1 aromatic heterocycles. The van der Waals surface area contributed by atoms with E-state index in [0.717, 1.165) is 17.0 Å². The summed E-state index contributed by atoms with van der Waals surface area (Å²) in [6, 6.07) is 7.45.